The quantitative estimate of drug-likeness (QED) is 0.674. The largest absolute Gasteiger partial charge is 0.493 e. The summed E-state index contributed by atoms with van der Waals surface area (Å²) in [7, 11) is 3.11. The molecule has 0 aliphatic rings. The molecule has 0 heterocycles. The lowest BCUT2D eigenvalue weighted by atomic mass is 10.1. The summed E-state index contributed by atoms with van der Waals surface area (Å²) in [6.45, 7) is -0.264. The van der Waals surface area contributed by atoms with Crippen LogP contribution in [-0.2, 0) is 16.0 Å². The third-order valence-corrected chi connectivity index (χ3v) is 3.94. The summed E-state index contributed by atoms with van der Waals surface area (Å²) in [6.07, 6.45) is 0.680. The maximum Gasteiger partial charge on any atom is 0.276 e. The normalized spacial score (nSPS) is 10.0. The number of ether oxygens (including phenoxy) is 3. The van der Waals surface area contributed by atoms with Crippen molar-refractivity contribution in [2.75, 3.05) is 20.8 Å². The van der Waals surface area contributed by atoms with Crippen molar-refractivity contribution in [3.63, 3.8) is 0 Å². The van der Waals surface area contributed by atoms with Crippen LogP contribution in [0.25, 0.3) is 0 Å². The molecule has 8 heteroatoms. The summed E-state index contributed by atoms with van der Waals surface area (Å²) in [5, 5.41) is 0.407. The van der Waals surface area contributed by atoms with Gasteiger partial charge in [-0.05, 0) is 36.2 Å². The molecule has 0 atom stereocenters. The van der Waals surface area contributed by atoms with Crippen LogP contribution >= 0.6 is 11.6 Å². The van der Waals surface area contributed by atoms with Gasteiger partial charge in [0.15, 0.2) is 18.1 Å². The molecule has 2 amide bonds. The molecule has 2 rings (SSSR count). The zero-order chi connectivity index (χ0) is 19.6. The molecular weight excluding hydrogens is 372 g/mol. The van der Waals surface area contributed by atoms with Crippen LogP contribution in [0.1, 0.15) is 12.0 Å². The average Bonchev–Trinajstić information content (AvgIpc) is 2.69. The van der Waals surface area contributed by atoms with E-state index in [9.17, 15) is 9.59 Å². The first kappa shape index (κ1) is 20.4. The van der Waals surface area contributed by atoms with E-state index in [0.717, 1.165) is 5.56 Å². The van der Waals surface area contributed by atoms with Gasteiger partial charge in [0.1, 0.15) is 5.75 Å². The average molecular weight is 393 g/mol. The van der Waals surface area contributed by atoms with Crippen LogP contribution in [-0.4, -0.2) is 32.6 Å². The van der Waals surface area contributed by atoms with E-state index in [4.69, 9.17) is 25.8 Å². The molecule has 0 fully saturated rings. The van der Waals surface area contributed by atoms with Crippen LogP contribution in [0.5, 0.6) is 17.2 Å². The van der Waals surface area contributed by atoms with Crippen molar-refractivity contribution in [1.82, 2.24) is 10.9 Å². The standard InChI is InChI=1S/C19H21ClN2O5/c1-25-16-9-7-13(11-17(16)26-2)8-10-18(23)21-22-19(24)12-27-15-6-4-3-5-14(15)20/h3-7,9,11H,8,10,12H2,1-2H3,(H,21,23)(H,22,24). The first-order chi connectivity index (χ1) is 13.0. The monoisotopic (exact) mass is 392 g/mol. The second-order valence-corrected chi connectivity index (χ2v) is 5.91. The van der Waals surface area contributed by atoms with Crippen molar-refractivity contribution in [3.05, 3.63) is 53.1 Å². The van der Waals surface area contributed by atoms with E-state index in [2.05, 4.69) is 10.9 Å². The fourth-order valence-corrected chi connectivity index (χ4v) is 2.43. The van der Waals surface area contributed by atoms with E-state index in [1.54, 1.807) is 44.6 Å². The lowest BCUT2D eigenvalue weighted by Crippen LogP contribution is -2.43. The number of nitrogens with one attached hydrogen (secondary N) is 2. The number of carbonyl (C=O) groups excluding carboxylic acids is 2. The molecule has 2 N–H and O–H groups in total. The second kappa shape index (κ2) is 10.3. The summed E-state index contributed by atoms with van der Waals surface area (Å²) in [5.74, 6) is 0.802. The first-order valence-corrected chi connectivity index (χ1v) is 8.57. The van der Waals surface area contributed by atoms with E-state index in [1.807, 2.05) is 12.1 Å². The summed E-state index contributed by atoms with van der Waals surface area (Å²) < 4.78 is 15.7. The minimum atomic E-state index is -0.491. The minimum absolute atomic E-state index is 0.196. The molecule has 7 nitrogen and oxygen atoms in total. The van der Waals surface area contributed by atoms with E-state index < -0.39 is 5.91 Å². The number of aryl methyl sites for hydroxylation is 1. The molecule has 0 aliphatic heterocycles. The third kappa shape index (κ3) is 6.38. The topological polar surface area (TPSA) is 85.9 Å². The number of para-hydroxylation sites is 1. The molecule has 0 saturated carbocycles. The van der Waals surface area contributed by atoms with E-state index in [1.165, 1.54) is 0 Å². The molecular formula is C19H21ClN2O5. The first-order valence-electron chi connectivity index (χ1n) is 8.19. The van der Waals surface area contributed by atoms with Gasteiger partial charge in [-0.3, -0.25) is 20.4 Å². The fourth-order valence-electron chi connectivity index (χ4n) is 2.24. The number of halogens is 1. The van der Waals surface area contributed by atoms with Gasteiger partial charge in [-0.1, -0.05) is 29.8 Å². The van der Waals surface area contributed by atoms with Gasteiger partial charge in [-0.15, -0.1) is 0 Å². The number of hydrogen-bond acceptors (Lipinski definition) is 5. The van der Waals surface area contributed by atoms with Crippen LogP contribution < -0.4 is 25.1 Å². The van der Waals surface area contributed by atoms with Crippen molar-refractivity contribution in [2.24, 2.45) is 0 Å². The Bertz CT molecular complexity index is 797. The summed E-state index contributed by atoms with van der Waals surface area (Å²) in [6, 6.07) is 12.2. The van der Waals surface area contributed by atoms with Crippen LogP contribution in [0.15, 0.2) is 42.5 Å². The van der Waals surface area contributed by atoms with Crippen LogP contribution in [0.3, 0.4) is 0 Å². The molecule has 0 spiro atoms. The van der Waals surface area contributed by atoms with Crippen molar-refractivity contribution in [3.8, 4) is 17.2 Å². The lowest BCUT2D eigenvalue weighted by Gasteiger charge is -2.11. The van der Waals surface area contributed by atoms with Crippen molar-refractivity contribution < 1.29 is 23.8 Å². The summed E-state index contributed by atoms with van der Waals surface area (Å²) in [4.78, 5) is 23.6. The van der Waals surface area contributed by atoms with Crippen LogP contribution in [0, 0.1) is 0 Å². The Hall–Kier alpha value is -2.93. The van der Waals surface area contributed by atoms with Gasteiger partial charge in [0, 0.05) is 6.42 Å². The third-order valence-electron chi connectivity index (χ3n) is 3.63. The number of hydrogen-bond donors (Lipinski definition) is 2. The van der Waals surface area contributed by atoms with E-state index in [-0.39, 0.29) is 18.9 Å². The zero-order valence-electron chi connectivity index (χ0n) is 15.1. The highest BCUT2D eigenvalue weighted by molar-refractivity contribution is 6.32. The molecule has 0 aliphatic carbocycles. The van der Waals surface area contributed by atoms with Crippen LogP contribution in [0.4, 0.5) is 0 Å². The highest BCUT2D eigenvalue weighted by Crippen LogP contribution is 2.28. The van der Waals surface area contributed by atoms with Crippen molar-refractivity contribution in [2.45, 2.75) is 12.8 Å². The molecule has 2 aromatic rings. The van der Waals surface area contributed by atoms with E-state index >= 15 is 0 Å². The zero-order valence-corrected chi connectivity index (χ0v) is 15.8. The van der Waals surface area contributed by atoms with Crippen LogP contribution in [0.2, 0.25) is 5.02 Å². The smallest absolute Gasteiger partial charge is 0.276 e. The Labute approximate surface area is 162 Å². The number of hydrazine groups is 1. The van der Waals surface area contributed by atoms with Gasteiger partial charge in [0.2, 0.25) is 5.91 Å². The number of methoxy groups -OCH3 is 2. The predicted octanol–water partition coefficient (Wildman–Crippen LogP) is 2.52. The van der Waals surface area contributed by atoms with Gasteiger partial charge < -0.3 is 14.2 Å². The maximum atomic E-state index is 11.9. The minimum Gasteiger partial charge on any atom is -0.493 e. The molecule has 0 bridgehead atoms. The molecule has 0 unspecified atom stereocenters. The molecule has 2 aromatic carbocycles. The lowest BCUT2D eigenvalue weighted by molar-refractivity contribution is -0.130. The Morgan fingerprint density at radius 2 is 1.63 bits per heavy atom. The number of rotatable bonds is 8. The van der Waals surface area contributed by atoms with Crippen molar-refractivity contribution >= 4 is 23.4 Å². The Morgan fingerprint density at radius 3 is 2.33 bits per heavy atom. The number of amides is 2. The summed E-state index contributed by atoms with van der Waals surface area (Å²) in [5.41, 5.74) is 5.56. The maximum absolute atomic E-state index is 11.9. The van der Waals surface area contributed by atoms with Gasteiger partial charge in [-0.25, -0.2) is 0 Å². The highest BCUT2D eigenvalue weighted by atomic mass is 35.5. The second-order valence-electron chi connectivity index (χ2n) is 5.50. The SMILES string of the molecule is COc1ccc(CCC(=O)NNC(=O)COc2ccccc2Cl)cc1OC. The van der Waals surface area contributed by atoms with Gasteiger partial charge in [-0.2, -0.15) is 0 Å². The predicted molar refractivity (Wildman–Crippen MR) is 101 cm³/mol. The fraction of sp³-hybridized carbons (Fsp3) is 0.263. The Morgan fingerprint density at radius 1 is 0.926 bits per heavy atom. The molecule has 0 saturated heterocycles. The van der Waals surface area contributed by atoms with Crippen molar-refractivity contribution in [1.29, 1.82) is 0 Å². The summed E-state index contributed by atoms with van der Waals surface area (Å²) >= 11 is 5.93. The number of carbonyl (C=O) groups is 2. The van der Waals surface area contributed by atoms with Gasteiger partial charge >= 0.3 is 0 Å². The molecule has 144 valence electrons. The molecule has 27 heavy (non-hydrogen) atoms. The van der Waals surface area contributed by atoms with E-state index in [0.29, 0.717) is 28.7 Å². The molecule has 0 radical (unpaired) electrons. The number of benzene rings is 2. The highest BCUT2D eigenvalue weighted by Gasteiger charge is 2.09. The Balaban J connectivity index is 1.73. The molecule has 0 aromatic heterocycles. The Kier molecular flexibility index (Phi) is 7.76. The van der Waals surface area contributed by atoms with Gasteiger partial charge in [0.25, 0.3) is 5.91 Å². The van der Waals surface area contributed by atoms with Gasteiger partial charge in [0.05, 0.1) is 19.2 Å².